The Morgan fingerprint density at radius 2 is 2.09 bits per heavy atom. The third-order valence-corrected chi connectivity index (χ3v) is 4.22. The van der Waals surface area contributed by atoms with Gasteiger partial charge in [0.2, 0.25) is 0 Å². The number of carbonyl (C=O) groups excluding carboxylic acids is 1. The lowest BCUT2D eigenvalue weighted by Gasteiger charge is -2.05. The zero-order valence-corrected chi connectivity index (χ0v) is 12.9. The van der Waals surface area contributed by atoms with E-state index in [2.05, 4.69) is 15.3 Å². The maximum Gasteiger partial charge on any atom is 0.251 e. The van der Waals surface area contributed by atoms with Gasteiger partial charge < -0.3 is 5.32 Å². The highest BCUT2D eigenvalue weighted by molar-refractivity contribution is 7.13. The van der Waals surface area contributed by atoms with E-state index in [-0.39, 0.29) is 5.91 Å². The normalized spacial score (nSPS) is 10.4. The van der Waals surface area contributed by atoms with Crippen molar-refractivity contribution < 1.29 is 4.79 Å². The molecule has 0 atom stereocenters. The second kappa shape index (κ2) is 6.49. The van der Waals surface area contributed by atoms with Crippen LogP contribution in [0.1, 0.15) is 21.6 Å². The molecule has 110 valence electrons. The lowest BCUT2D eigenvalue weighted by atomic mass is 10.1. The number of thiazole rings is 1. The van der Waals surface area contributed by atoms with E-state index >= 15 is 0 Å². The van der Waals surface area contributed by atoms with Crippen molar-refractivity contribution in [3.8, 4) is 10.6 Å². The summed E-state index contributed by atoms with van der Waals surface area (Å²) in [6.07, 6.45) is 3.52. The standard InChI is InChI=1S/C17H15N3OS/c1-12-5-2-3-7-15(12)16(21)19-10-14-11-22-17(20-14)13-6-4-8-18-9-13/h2-9,11H,10H2,1H3,(H,19,21). The number of amides is 1. The van der Waals surface area contributed by atoms with E-state index < -0.39 is 0 Å². The number of nitrogens with one attached hydrogen (secondary N) is 1. The summed E-state index contributed by atoms with van der Waals surface area (Å²) in [5.74, 6) is -0.0750. The van der Waals surface area contributed by atoms with E-state index in [4.69, 9.17) is 0 Å². The molecular weight excluding hydrogens is 294 g/mol. The molecule has 0 saturated carbocycles. The first-order valence-electron chi connectivity index (χ1n) is 6.92. The van der Waals surface area contributed by atoms with Crippen LogP contribution in [0, 0.1) is 6.92 Å². The summed E-state index contributed by atoms with van der Waals surface area (Å²) >= 11 is 1.55. The van der Waals surface area contributed by atoms with Gasteiger partial charge in [-0.3, -0.25) is 9.78 Å². The van der Waals surface area contributed by atoms with E-state index in [1.54, 1.807) is 23.7 Å². The van der Waals surface area contributed by atoms with E-state index in [9.17, 15) is 4.79 Å². The lowest BCUT2D eigenvalue weighted by Crippen LogP contribution is -2.23. The van der Waals surface area contributed by atoms with Crippen LogP contribution in [0.2, 0.25) is 0 Å². The first kappa shape index (κ1) is 14.4. The zero-order chi connectivity index (χ0) is 15.4. The van der Waals surface area contributed by atoms with Crippen LogP contribution >= 0.6 is 11.3 Å². The third-order valence-electron chi connectivity index (χ3n) is 3.28. The molecule has 22 heavy (non-hydrogen) atoms. The molecule has 0 spiro atoms. The van der Waals surface area contributed by atoms with Crippen LogP contribution in [0.15, 0.2) is 54.2 Å². The van der Waals surface area contributed by atoms with Crippen molar-refractivity contribution in [3.63, 3.8) is 0 Å². The van der Waals surface area contributed by atoms with Gasteiger partial charge in [-0.15, -0.1) is 11.3 Å². The van der Waals surface area contributed by atoms with Crippen LogP contribution in [-0.2, 0) is 6.54 Å². The van der Waals surface area contributed by atoms with E-state index in [0.29, 0.717) is 12.1 Å². The molecule has 0 aliphatic heterocycles. The van der Waals surface area contributed by atoms with Crippen molar-refractivity contribution in [1.29, 1.82) is 0 Å². The average molecular weight is 309 g/mol. The van der Waals surface area contributed by atoms with Gasteiger partial charge in [0.05, 0.1) is 12.2 Å². The van der Waals surface area contributed by atoms with Crippen molar-refractivity contribution in [2.75, 3.05) is 0 Å². The van der Waals surface area contributed by atoms with Gasteiger partial charge in [0.15, 0.2) is 0 Å². The van der Waals surface area contributed by atoms with Gasteiger partial charge in [-0.2, -0.15) is 0 Å². The summed E-state index contributed by atoms with van der Waals surface area (Å²) in [7, 11) is 0. The molecular formula is C17H15N3OS. The third kappa shape index (κ3) is 3.20. The highest BCUT2D eigenvalue weighted by Crippen LogP contribution is 2.22. The maximum absolute atomic E-state index is 12.2. The molecule has 2 aromatic heterocycles. The number of rotatable bonds is 4. The van der Waals surface area contributed by atoms with Gasteiger partial charge in [-0.05, 0) is 30.7 Å². The van der Waals surface area contributed by atoms with Crippen molar-refractivity contribution in [2.24, 2.45) is 0 Å². The number of carbonyl (C=O) groups is 1. The van der Waals surface area contributed by atoms with Crippen LogP contribution in [-0.4, -0.2) is 15.9 Å². The molecule has 4 nitrogen and oxygen atoms in total. The number of aryl methyl sites for hydroxylation is 1. The predicted octanol–water partition coefficient (Wildman–Crippen LogP) is 3.44. The molecule has 0 aliphatic carbocycles. The van der Waals surface area contributed by atoms with Crippen LogP contribution in [0.3, 0.4) is 0 Å². The quantitative estimate of drug-likeness (QED) is 0.803. The number of hydrogen-bond donors (Lipinski definition) is 1. The van der Waals surface area contributed by atoms with Gasteiger partial charge in [-0.25, -0.2) is 4.98 Å². The monoisotopic (exact) mass is 309 g/mol. The molecule has 2 heterocycles. The van der Waals surface area contributed by atoms with Crippen LogP contribution < -0.4 is 5.32 Å². The maximum atomic E-state index is 12.2. The molecule has 0 saturated heterocycles. The minimum Gasteiger partial charge on any atom is -0.346 e. The Hall–Kier alpha value is -2.53. The Morgan fingerprint density at radius 1 is 1.23 bits per heavy atom. The first-order chi connectivity index (χ1) is 10.7. The van der Waals surface area contributed by atoms with Gasteiger partial charge in [-0.1, -0.05) is 18.2 Å². The highest BCUT2D eigenvalue weighted by atomic mass is 32.1. The molecule has 3 rings (SSSR count). The first-order valence-corrected chi connectivity index (χ1v) is 7.80. The molecule has 0 unspecified atom stereocenters. The Kier molecular flexibility index (Phi) is 4.25. The minimum absolute atomic E-state index is 0.0750. The summed E-state index contributed by atoms with van der Waals surface area (Å²) in [6.45, 7) is 2.35. The Balaban J connectivity index is 1.67. The molecule has 1 amide bonds. The fourth-order valence-corrected chi connectivity index (χ4v) is 2.91. The van der Waals surface area contributed by atoms with Crippen LogP contribution in [0.4, 0.5) is 0 Å². The topological polar surface area (TPSA) is 54.9 Å². The Morgan fingerprint density at radius 3 is 2.86 bits per heavy atom. The number of aromatic nitrogens is 2. The predicted molar refractivity (Wildman–Crippen MR) is 87.7 cm³/mol. The summed E-state index contributed by atoms with van der Waals surface area (Å²) < 4.78 is 0. The Labute approximate surface area is 132 Å². The van der Waals surface area contributed by atoms with E-state index in [1.165, 1.54) is 0 Å². The van der Waals surface area contributed by atoms with Crippen molar-refractivity contribution >= 4 is 17.2 Å². The summed E-state index contributed by atoms with van der Waals surface area (Å²) in [5.41, 5.74) is 3.51. The van der Waals surface area contributed by atoms with Crippen molar-refractivity contribution in [2.45, 2.75) is 13.5 Å². The van der Waals surface area contributed by atoms with E-state index in [0.717, 1.165) is 21.8 Å². The second-order valence-electron chi connectivity index (χ2n) is 4.88. The molecule has 0 fully saturated rings. The number of hydrogen-bond acceptors (Lipinski definition) is 4. The summed E-state index contributed by atoms with van der Waals surface area (Å²) in [6, 6.07) is 11.4. The second-order valence-corrected chi connectivity index (χ2v) is 5.74. The Bertz CT molecular complexity index is 783. The van der Waals surface area contributed by atoms with Gasteiger partial charge in [0, 0.05) is 28.9 Å². The fourth-order valence-electron chi connectivity index (χ4n) is 2.10. The molecule has 1 N–H and O–H groups in total. The molecule has 3 aromatic rings. The number of benzene rings is 1. The number of nitrogens with zero attached hydrogens (tertiary/aromatic N) is 2. The summed E-state index contributed by atoms with van der Waals surface area (Å²) in [5, 5.41) is 5.78. The molecule has 0 aliphatic rings. The smallest absolute Gasteiger partial charge is 0.251 e. The molecule has 5 heteroatoms. The molecule has 0 radical (unpaired) electrons. The molecule has 0 bridgehead atoms. The van der Waals surface area contributed by atoms with Gasteiger partial charge in [0.25, 0.3) is 5.91 Å². The van der Waals surface area contributed by atoms with Gasteiger partial charge >= 0.3 is 0 Å². The van der Waals surface area contributed by atoms with Crippen molar-refractivity contribution in [1.82, 2.24) is 15.3 Å². The minimum atomic E-state index is -0.0750. The largest absolute Gasteiger partial charge is 0.346 e. The zero-order valence-electron chi connectivity index (χ0n) is 12.1. The number of pyridine rings is 1. The molecule has 1 aromatic carbocycles. The average Bonchev–Trinajstić information content (AvgIpc) is 3.03. The SMILES string of the molecule is Cc1ccccc1C(=O)NCc1csc(-c2cccnc2)n1. The fraction of sp³-hybridized carbons (Fsp3) is 0.118. The van der Waals surface area contributed by atoms with E-state index in [1.807, 2.05) is 48.7 Å². The highest BCUT2D eigenvalue weighted by Gasteiger charge is 2.09. The van der Waals surface area contributed by atoms with Crippen molar-refractivity contribution in [3.05, 3.63) is 71.0 Å². The van der Waals surface area contributed by atoms with Crippen LogP contribution in [0.25, 0.3) is 10.6 Å². The van der Waals surface area contributed by atoms with Crippen LogP contribution in [0.5, 0.6) is 0 Å². The summed E-state index contributed by atoms with van der Waals surface area (Å²) in [4.78, 5) is 20.8. The lowest BCUT2D eigenvalue weighted by molar-refractivity contribution is 0.0950. The van der Waals surface area contributed by atoms with Gasteiger partial charge in [0.1, 0.15) is 5.01 Å².